The fourth-order valence-corrected chi connectivity index (χ4v) is 6.30. The van der Waals surface area contributed by atoms with Crippen molar-refractivity contribution >= 4 is 39.1 Å². The number of nitrogens with one attached hydrogen (secondary N) is 1. The van der Waals surface area contributed by atoms with E-state index in [0.29, 0.717) is 42.1 Å². The van der Waals surface area contributed by atoms with Crippen molar-refractivity contribution in [2.75, 3.05) is 23.7 Å². The molecule has 0 aromatic heterocycles. The zero-order valence-electron chi connectivity index (χ0n) is 22.7. The molecule has 2 amide bonds. The largest absolute Gasteiger partial charge is 0.352 e. The van der Waals surface area contributed by atoms with Crippen LogP contribution < -0.4 is 9.62 Å². The lowest BCUT2D eigenvalue weighted by Gasteiger charge is -2.32. The van der Waals surface area contributed by atoms with Crippen LogP contribution in [0, 0.1) is 6.92 Å². The molecule has 1 saturated carbocycles. The number of rotatable bonds is 13. The minimum Gasteiger partial charge on any atom is -0.352 e. The summed E-state index contributed by atoms with van der Waals surface area (Å²) in [6, 6.07) is 14.7. The van der Waals surface area contributed by atoms with Crippen LogP contribution in [0.2, 0.25) is 5.02 Å². The Morgan fingerprint density at radius 2 is 1.74 bits per heavy atom. The summed E-state index contributed by atoms with van der Waals surface area (Å²) in [4.78, 5) is 28.5. The molecular weight excluding hydrogens is 522 g/mol. The first-order valence-electron chi connectivity index (χ1n) is 13.5. The van der Waals surface area contributed by atoms with E-state index < -0.39 is 16.1 Å². The molecule has 1 atom stereocenters. The van der Waals surface area contributed by atoms with Gasteiger partial charge in [0, 0.05) is 30.6 Å². The van der Waals surface area contributed by atoms with Crippen molar-refractivity contribution in [1.82, 2.24) is 10.2 Å². The topological polar surface area (TPSA) is 86.8 Å². The fraction of sp³-hybridized carbons (Fsp3) is 0.517. The molecule has 38 heavy (non-hydrogen) atoms. The number of halogens is 1. The molecule has 0 unspecified atom stereocenters. The molecule has 1 N–H and O–H groups in total. The number of amides is 2. The summed E-state index contributed by atoms with van der Waals surface area (Å²) in [7, 11) is -3.58. The van der Waals surface area contributed by atoms with Crippen molar-refractivity contribution in [3.8, 4) is 0 Å². The smallest absolute Gasteiger partial charge is 0.243 e. The standard InChI is InChI=1S/C29H40ClN3O4S/c1-4-26(29(35)31-24-14-8-9-15-24)32(21-19-23-12-6-5-7-13-23)28(34)18-11-20-33(38(3,36)37)27-17-10-16-25(30)22(27)2/h5-7,10,12-13,16-17,24,26H,4,8-9,11,14-15,18-21H2,1-3H3,(H,31,35)/t26-/m0/s1. The third kappa shape index (κ3) is 8.21. The van der Waals surface area contributed by atoms with Gasteiger partial charge >= 0.3 is 0 Å². The number of hydrogen-bond donors (Lipinski definition) is 1. The molecule has 208 valence electrons. The number of nitrogens with zero attached hydrogens (tertiary/aromatic N) is 2. The molecule has 0 aliphatic heterocycles. The highest BCUT2D eigenvalue weighted by Crippen LogP contribution is 2.28. The van der Waals surface area contributed by atoms with Gasteiger partial charge in [-0.3, -0.25) is 13.9 Å². The molecule has 1 fully saturated rings. The Bertz CT molecular complexity index is 1180. The molecule has 0 radical (unpaired) electrons. The number of sulfonamides is 1. The molecular formula is C29H40ClN3O4S. The highest BCUT2D eigenvalue weighted by molar-refractivity contribution is 7.92. The van der Waals surface area contributed by atoms with Crippen LogP contribution in [0.25, 0.3) is 0 Å². The van der Waals surface area contributed by atoms with Gasteiger partial charge < -0.3 is 10.2 Å². The summed E-state index contributed by atoms with van der Waals surface area (Å²) in [6.07, 6.45) is 6.93. The zero-order chi connectivity index (χ0) is 27.7. The van der Waals surface area contributed by atoms with Gasteiger partial charge in [0.05, 0.1) is 11.9 Å². The number of carbonyl (C=O) groups excluding carboxylic acids is 2. The molecule has 2 aromatic rings. The predicted molar refractivity (Wildman–Crippen MR) is 154 cm³/mol. The van der Waals surface area contributed by atoms with Crippen LogP contribution in [0.1, 0.15) is 63.0 Å². The normalized spacial score (nSPS) is 14.7. The van der Waals surface area contributed by atoms with Crippen LogP contribution in [0.5, 0.6) is 0 Å². The summed E-state index contributed by atoms with van der Waals surface area (Å²) in [5.74, 6) is -0.251. The minimum absolute atomic E-state index is 0.104. The van der Waals surface area contributed by atoms with E-state index in [1.54, 1.807) is 30.0 Å². The highest BCUT2D eigenvalue weighted by atomic mass is 35.5. The molecule has 1 aliphatic rings. The maximum absolute atomic E-state index is 13.6. The maximum atomic E-state index is 13.6. The van der Waals surface area contributed by atoms with E-state index in [-0.39, 0.29) is 30.8 Å². The van der Waals surface area contributed by atoms with E-state index in [1.807, 2.05) is 37.3 Å². The second kappa shape index (κ2) is 14.0. The van der Waals surface area contributed by atoms with Crippen LogP contribution in [-0.4, -0.2) is 56.6 Å². The molecule has 9 heteroatoms. The molecule has 0 heterocycles. The first kappa shape index (κ1) is 30.0. The van der Waals surface area contributed by atoms with Gasteiger partial charge in [-0.05, 0) is 62.3 Å². The van der Waals surface area contributed by atoms with E-state index >= 15 is 0 Å². The Balaban J connectivity index is 1.73. The molecule has 3 rings (SSSR count). The van der Waals surface area contributed by atoms with E-state index in [0.717, 1.165) is 37.5 Å². The summed E-state index contributed by atoms with van der Waals surface area (Å²) in [5.41, 5.74) is 2.27. The SMILES string of the molecule is CC[C@@H](C(=O)NC1CCCC1)N(CCc1ccccc1)C(=O)CCCN(c1cccc(Cl)c1C)S(C)(=O)=O. The van der Waals surface area contributed by atoms with Gasteiger partial charge in [0.1, 0.15) is 6.04 Å². The number of anilines is 1. The van der Waals surface area contributed by atoms with Gasteiger partial charge in [-0.25, -0.2) is 8.42 Å². The lowest BCUT2D eigenvalue weighted by atomic mass is 10.1. The number of hydrogen-bond acceptors (Lipinski definition) is 4. The lowest BCUT2D eigenvalue weighted by Crippen LogP contribution is -2.52. The van der Waals surface area contributed by atoms with Crippen molar-refractivity contribution < 1.29 is 18.0 Å². The van der Waals surface area contributed by atoms with Crippen LogP contribution in [0.15, 0.2) is 48.5 Å². The van der Waals surface area contributed by atoms with Gasteiger partial charge in [-0.2, -0.15) is 0 Å². The maximum Gasteiger partial charge on any atom is 0.243 e. The van der Waals surface area contributed by atoms with Crippen LogP contribution in [-0.2, 0) is 26.0 Å². The molecule has 7 nitrogen and oxygen atoms in total. The van der Waals surface area contributed by atoms with Crippen molar-refractivity contribution in [2.24, 2.45) is 0 Å². The van der Waals surface area contributed by atoms with Gasteiger partial charge in [-0.15, -0.1) is 0 Å². The Labute approximate surface area is 232 Å². The van der Waals surface area contributed by atoms with Crippen molar-refractivity contribution in [2.45, 2.75) is 77.3 Å². The summed E-state index contributed by atoms with van der Waals surface area (Å²) in [6.45, 7) is 4.27. The first-order valence-corrected chi connectivity index (χ1v) is 15.7. The zero-order valence-corrected chi connectivity index (χ0v) is 24.2. The van der Waals surface area contributed by atoms with E-state index in [2.05, 4.69) is 5.32 Å². The Morgan fingerprint density at radius 1 is 1.05 bits per heavy atom. The van der Waals surface area contributed by atoms with Gasteiger partial charge in [0.25, 0.3) is 0 Å². The van der Waals surface area contributed by atoms with E-state index in [1.165, 1.54) is 4.31 Å². The molecule has 1 aliphatic carbocycles. The predicted octanol–water partition coefficient (Wildman–Crippen LogP) is 5.10. The van der Waals surface area contributed by atoms with Gasteiger partial charge in [0.15, 0.2) is 0 Å². The lowest BCUT2D eigenvalue weighted by molar-refractivity contribution is -0.141. The minimum atomic E-state index is -3.58. The Kier molecular flexibility index (Phi) is 11.0. The highest BCUT2D eigenvalue weighted by Gasteiger charge is 2.30. The fourth-order valence-electron chi connectivity index (χ4n) is 5.11. The number of carbonyl (C=O) groups is 2. The van der Waals surface area contributed by atoms with E-state index in [4.69, 9.17) is 11.6 Å². The van der Waals surface area contributed by atoms with E-state index in [9.17, 15) is 18.0 Å². The summed E-state index contributed by atoms with van der Waals surface area (Å²) < 4.78 is 26.5. The Morgan fingerprint density at radius 3 is 2.37 bits per heavy atom. The average molecular weight is 562 g/mol. The second-order valence-corrected chi connectivity index (χ2v) is 12.4. The molecule has 0 saturated heterocycles. The first-order chi connectivity index (χ1) is 18.1. The second-order valence-electron chi connectivity index (χ2n) is 10.1. The summed E-state index contributed by atoms with van der Waals surface area (Å²) in [5, 5.41) is 3.64. The van der Waals surface area contributed by atoms with Crippen molar-refractivity contribution in [3.05, 3.63) is 64.7 Å². The number of benzene rings is 2. The van der Waals surface area contributed by atoms with Crippen molar-refractivity contribution in [1.29, 1.82) is 0 Å². The third-order valence-corrected chi connectivity index (χ3v) is 8.82. The van der Waals surface area contributed by atoms with Gasteiger partial charge in [0.2, 0.25) is 21.8 Å². The van der Waals surface area contributed by atoms with Crippen LogP contribution >= 0.6 is 11.6 Å². The molecule has 0 spiro atoms. The van der Waals surface area contributed by atoms with Crippen molar-refractivity contribution in [3.63, 3.8) is 0 Å². The Hall–Kier alpha value is -2.58. The molecule has 0 bridgehead atoms. The monoisotopic (exact) mass is 561 g/mol. The van der Waals surface area contributed by atoms with Crippen LogP contribution in [0.3, 0.4) is 0 Å². The quantitative estimate of drug-likeness (QED) is 0.368. The molecule has 2 aromatic carbocycles. The average Bonchev–Trinajstić information content (AvgIpc) is 3.39. The van der Waals surface area contributed by atoms with Crippen LogP contribution in [0.4, 0.5) is 5.69 Å². The third-order valence-electron chi connectivity index (χ3n) is 7.23. The van der Waals surface area contributed by atoms with Gasteiger partial charge in [-0.1, -0.05) is 67.8 Å². The summed E-state index contributed by atoms with van der Waals surface area (Å²) >= 11 is 6.24.